The van der Waals surface area contributed by atoms with Gasteiger partial charge in [-0.3, -0.25) is 4.79 Å². The molecule has 7 nitrogen and oxygen atoms in total. The molecule has 2 aromatic rings. The van der Waals surface area contributed by atoms with E-state index in [1.807, 2.05) is 6.92 Å². The fourth-order valence-corrected chi connectivity index (χ4v) is 3.70. The molecule has 0 aromatic carbocycles. The largest absolute Gasteiger partial charge is 0.377 e. The minimum atomic E-state index is -0.0136. The van der Waals surface area contributed by atoms with Gasteiger partial charge in [-0.15, -0.1) is 10.2 Å². The molecule has 2 heterocycles. The zero-order valence-electron chi connectivity index (χ0n) is 13.4. The van der Waals surface area contributed by atoms with Gasteiger partial charge >= 0.3 is 0 Å². The zero-order valence-corrected chi connectivity index (χ0v) is 14.2. The van der Waals surface area contributed by atoms with Gasteiger partial charge in [-0.1, -0.05) is 11.3 Å². The lowest BCUT2D eigenvalue weighted by molar-refractivity contribution is 0.184. The number of methoxy groups -OCH3 is 1. The second-order valence-corrected chi connectivity index (χ2v) is 6.90. The van der Waals surface area contributed by atoms with Gasteiger partial charge in [0.2, 0.25) is 5.13 Å². The molecule has 0 spiro atoms. The summed E-state index contributed by atoms with van der Waals surface area (Å²) in [7, 11) is 1.65. The van der Waals surface area contributed by atoms with Crippen molar-refractivity contribution in [2.75, 3.05) is 12.4 Å². The Hall–Kier alpha value is -1.80. The van der Waals surface area contributed by atoms with E-state index < -0.39 is 0 Å². The lowest BCUT2D eigenvalue weighted by atomic mass is 9.91. The third-order valence-electron chi connectivity index (χ3n) is 4.06. The van der Waals surface area contributed by atoms with Crippen LogP contribution in [0.2, 0.25) is 0 Å². The molecule has 0 aliphatic heterocycles. The van der Waals surface area contributed by atoms with Crippen molar-refractivity contribution in [2.45, 2.75) is 51.3 Å². The Morgan fingerprint density at radius 1 is 1.30 bits per heavy atom. The van der Waals surface area contributed by atoms with E-state index in [2.05, 4.69) is 20.6 Å². The predicted octanol–water partition coefficient (Wildman–Crippen LogP) is 2.15. The Morgan fingerprint density at radius 3 is 2.83 bits per heavy atom. The van der Waals surface area contributed by atoms with Crippen LogP contribution in [-0.4, -0.2) is 33.1 Å². The van der Waals surface area contributed by atoms with Gasteiger partial charge in [0, 0.05) is 19.2 Å². The van der Waals surface area contributed by atoms with Crippen LogP contribution in [0.25, 0.3) is 0 Å². The van der Waals surface area contributed by atoms with Crippen molar-refractivity contribution in [1.29, 1.82) is 0 Å². The molecule has 8 heteroatoms. The number of nitrogens with zero attached hydrogens (tertiary/aromatic N) is 4. The normalized spacial score (nSPS) is 21.3. The maximum atomic E-state index is 12.0. The maximum Gasteiger partial charge on any atom is 0.267 e. The first-order valence-electron chi connectivity index (χ1n) is 7.80. The van der Waals surface area contributed by atoms with E-state index in [1.165, 1.54) is 11.3 Å². The van der Waals surface area contributed by atoms with Gasteiger partial charge in [-0.2, -0.15) is 5.10 Å². The molecule has 0 atom stereocenters. The summed E-state index contributed by atoms with van der Waals surface area (Å²) in [6.45, 7) is 2.41. The summed E-state index contributed by atoms with van der Waals surface area (Å²) < 4.78 is 6.70. The molecule has 1 fully saturated rings. The second kappa shape index (κ2) is 7.18. The van der Waals surface area contributed by atoms with Crippen molar-refractivity contribution in [3.05, 3.63) is 33.2 Å². The molecule has 3 rings (SSSR count). The number of ether oxygens (including phenoxy) is 1. The number of aryl methyl sites for hydroxylation is 1. The number of rotatable bonds is 5. The zero-order chi connectivity index (χ0) is 16.2. The van der Waals surface area contributed by atoms with Gasteiger partial charge < -0.3 is 10.1 Å². The maximum absolute atomic E-state index is 12.0. The lowest BCUT2D eigenvalue weighted by Crippen LogP contribution is -2.33. The van der Waals surface area contributed by atoms with Crippen LogP contribution >= 0.6 is 11.3 Å². The molecule has 0 unspecified atom stereocenters. The summed E-state index contributed by atoms with van der Waals surface area (Å²) in [4.78, 5) is 12.0. The van der Waals surface area contributed by atoms with Gasteiger partial charge in [0.15, 0.2) is 0 Å². The Morgan fingerprint density at radius 2 is 2.09 bits per heavy atom. The summed E-state index contributed by atoms with van der Waals surface area (Å²) in [6.07, 6.45) is 3.87. The van der Waals surface area contributed by atoms with Gasteiger partial charge in [-0.05, 0) is 38.7 Å². The number of anilines is 1. The lowest BCUT2D eigenvalue weighted by Gasteiger charge is -2.29. The van der Waals surface area contributed by atoms with Gasteiger partial charge in [-0.25, -0.2) is 4.68 Å². The minimum absolute atomic E-state index is 0.0136. The highest BCUT2D eigenvalue weighted by atomic mass is 32.1. The van der Waals surface area contributed by atoms with Crippen LogP contribution in [0.5, 0.6) is 0 Å². The van der Waals surface area contributed by atoms with Crippen molar-refractivity contribution >= 4 is 16.5 Å². The molecular formula is C15H21N5O2S. The standard InChI is InChI=1S/C15H21N5O2S/c1-10-3-8-14(21)20(19-10)12-6-4-11(5-7-12)16-15-18-17-13(23-15)9-22-2/h3,8,11-12H,4-7,9H2,1-2H3,(H,16,18). The Balaban J connectivity index is 1.57. The molecule has 0 saturated heterocycles. The number of hydrogen-bond acceptors (Lipinski definition) is 7. The van der Waals surface area contributed by atoms with Crippen molar-refractivity contribution in [3.8, 4) is 0 Å². The molecule has 0 radical (unpaired) electrons. The highest BCUT2D eigenvalue weighted by Crippen LogP contribution is 2.29. The van der Waals surface area contributed by atoms with Crippen molar-refractivity contribution in [3.63, 3.8) is 0 Å². The van der Waals surface area contributed by atoms with Crippen LogP contribution in [0.3, 0.4) is 0 Å². The average Bonchev–Trinajstić information content (AvgIpc) is 2.98. The summed E-state index contributed by atoms with van der Waals surface area (Å²) in [5, 5.41) is 17.8. The molecule has 2 aromatic heterocycles. The van der Waals surface area contributed by atoms with Crippen LogP contribution < -0.4 is 10.9 Å². The summed E-state index contributed by atoms with van der Waals surface area (Å²) >= 11 is 1.53. The molecular weight excluding hydrogens is 314 g/mol. The molecule has 1 N–H and O–H groups in total. The highest BCUT2D eigenvalue weighted by molar-refractivity contribution is 7.15. The molecule has 0 amide bonds. The monoisotopic (exact) mass is 335 g/mol. The summed E-state index contributed by atoms with van der Waals surface area (Å²) in [5.41, 5.74) is 0.865. The van der Waals surface area contributed by atoms with Crippen molar-refractivity contribution in [2.24, 2.45) is 0 Å². The van der Waals surface area contributed by atoms with E-state index in [9.17, 15) is 4.79 Å². The molecule has 124 valence electrons. The van der Waals surface area contributed by atoms with Crippen LogP contribution in [0.15, 0.2) is 16.9 Å². The topological polar surface area (TPSA) is 81.9 Å². The molecule has 1 aliphatic rings. The van der Waals surface area contributed by atoms with E-state index in [1.54, 1.807) is 23.9 Å². The smallest absolute Gasteiger partial charge is 0.267 e. The van der Waals surface area contributed by atoms with E-state index in [4.69, 9.17) is 4.74 Å². The van der Waals surface area contributed by atoms with E-state index in [0.29, 0.717) is 12.6 Å². The Bertz CT molecular complexity index is 706. The van der Waals surface area contributed by atoms with Crippen LogP contribution in [-0.2, 0) is 11.3 Å². The summed E-state index contributed by atoms with van der Waals surface area (Å²) in [5.74, 6) is 0. The Labute approximate surface area is 138 Å². The third-order valence-corrected chi connectivity index (χ3v) is 4.89. The van der Waals surface area contributed by atoms with Crippen LogP contribution in [0.1, 0.15) is 42.4 Å². The van der Waals surface area contributed by atoms with Crippen LogP contribution in [0.4, 0.5) is 5.13 Å². The van der Waals surface area contributed by atoms with E-state index >= 15 is 0 Å². The predicted molar refractivity (Wildman–Crippen MR) is 88.8 cm³/mol. The molecule has 0 bridgehead atoms. The van der Waals surface area contributed by atoms with E-state index in [-0.39, 0.29) is 11.6 Å². The summed E-state index contributed by atoms with van der Waals surface area (Å²) in [6, 6.07) is 3.93. The highest BCUT2D eigenvalue weighted by Gasteiger charge is 2.24. The molecule has 1 saturated carbocycles. The fraction of sp³-hybridized carbons (Fsp3) is 0.600. The van der Waals surface area contributed by atoms with Crippen molar-refractivity contribution in [1.82, 2.24) is 20.0 Å². The van der Waals surface area contributed by atoms with Gasteiger partial charge in [0.25, 0.3) is 5.56 Å². The minimum Gasteiger partial charge on any atom is -0.377 e. The van der Waals surface area contributed by atoms with E-state index in [0.717, 1.165) is 41.5 Å². The van der Waals surface area contributed by atoms with Gasteiger partial charge in [0.1, 0.15) is 11.6 Å². The first kappa shape index (κ1) is 16.1. The fourth-order valence-electron chi connectivity index (χ4n) is 2.92. The number of aromatic nitrogens is 4. The second-order valence-electron chi connectivity index (χ2n) is 5.84. The number of hydrogen-bond donors (Lipinski definition) is 1. The first-order chi connectivity index (χ1) is 11.2. The van der Waals surface area contributed by atoms with Crippen molar-refractivity contribution < 1.29 is 4.74 Å². The average molecular weight is 335 g/mol. The quantitative estimate of drug-likeness (QED) is 0.901. The molecule has 1 aliphatic carbocycles. The Kier molecular flexibility index (Phi) is 5.02. The van der Waals surface area contributed by atoms with Gasteiger partial charge in [0.05, 0.1) is 11.7 Å². The molecule has 23 heavy (non-hydrogen) atoms. The first-order valence-corrected chi connectivity index (χ1v) is 8.61. The van der Waals surface area contributed by atoms with Crippen LogP contribution in [0, 0.1) is 6.92 Å². The SMILES string of the molecule is COCc1nnc(NC2CCC(n3nc(C)ccc3=O)CC2)s1. The third kappa shape index (κ3) is 3.94. The number of nitrogens with one attached hydrogen (secondary N) is 1.